The van der Waals surface area contributed by atoms with Crippen LogP contribution in [0.2, 0.25) is 0 Å². The Hall–Kier alpha value is -3.85. The van der Waals surface area contributed by atoms with Gasteiger partial charge in [-0.25, -0.2) is 31.6 Å². The van der Waals surface area contributed by atoms with Crippen molar-refractivity contribution < 1.29 is 53.3 Å². The van der Waals surface area contributed by atoms with Crippen LogP contribution in [-0.4, -0.2) is 48.5 Å². The Morgan fingerprint density at radius 1 is 1.15 bits per heavy atom. The number of hydrogen-bond donors (Lipinski definition) is 2. The van der Waals surface area contributed by atoms with Gasteiger partial charge < -0.3 is 22.3 Å². The maximum absolute atomic E-state index is 14.9. The van der Waals surface area contributed by atoms with Gasteiger partial charge in [0.25, 0.3) is 5.82 Å². The number of hydrogen-bond acceptors (Lipinski definition) is 5. The number of benzene rings is 2. The molecular weight excluding hydrogens is 582 g/mol. The van der Waals surface area contributed by atoms with Crippen molar-refractivity contribution in [2.75, 3.05) is 6.61 Å². The van der Waals surface area contributed by atoms with Crippen LogP contribution in [0, 0.1) is 11.6 Å². The van der Waals surface area contributed by atoms with Crippen molar-refractivity contribution in [1.29, 1.82) is 0 Å². The summed E-state index contributed by atoms with van der Waals surface area (Å²) >= 11 is 0. The number of H-pyrrole nitrogens is 1. The lowest BCUT2D eigenvalue weighted by molar-refractivity contribution is -0.765. The fourth-order valence-electron chi connectivity index (χ4n) is 4.06. The van der Waals surface area contributed by atoms with Gasteiger partial charge in [0.2, 0.25) is 0 Å². The molecule has 0 saturated heterocycles. The second-order valence-corrected chi connectivity index (χ2v) is 9.08. The number of rotatable bonds is 11. The van der Waals surface area contributed by atoms with Crippen LogP contribution in [0.15, 0.2) is 59.9 Å². The predicted octanol–water partition coefficient (Wildman–Crippen LogP) is 0.317. The zero-order valence-electron chi connectivity index (χ0n) is 21.6. The van der Waals surface area contributed by atoms with E-state index in [4.69, 9.17) is 4.74 Å². The molecule has 0 spiro atoms. The summed E-state index contributed by atoms with van der Waals surface area (Å²) < 4.78 is 87.7. The molecule has 0 amide bonds. The molecule has 0 saturated carbocycles. The first kappa shape index (κ1) is 31.7. The quantitative estimate of drug-likeness (QED) is 0.189. The van der Waals surface area contributed by atoms with Crippen molar-refractivity contribution in [2.45, 2.75) is 50.8 Å². The summed E-state index contributed by atoms with van der Waals surface area (Å²) in [5.74, 6) is -5.78. The molecule has 16 heteroatoms. The summed E-state index contributed by atoms with van der Waals surface area (Å²) in [4.78, 5) is 17.5. The summed E-state index contributed by atoms with van der Waals surface area (Å²) in [6.45, 7) is 1.44. The zero-order valence-corrected chi connectivity index (χ0v) is 22.4. The van der Waals surface area contributed by atoms with E-state index < -0.39 is 47.9 Å². The number of halogens is 7. The van der Waals surface area contributed by atoms with Gasteiger partial charge in [0.05, 0.1) is 11.7 Å². The molecule has 0 aliphatic rings. The first-order valence-corrected chi connectivity index (χ1v) is 12.0. The highest BCUT2D eigenvalue weighted by molar-refractivity contribution is 5.37. The molecule has 2 aromatic heterocycles. The Labute approximate surface area is 235 Å². The van der Waals surface area contributed by atoms with Gasteiger partial charge in [-0.3, -0.25) is 0 Å². The molecule has 222 valence electrons. The van der Waals surface area contributed by atoms with Crippen LogP contribution in [0.1, 0.15) is 31.3 Å². The number of nitrogens with one attached hydrogen (secondary N) is 1. The second kappa shape index (κ2) is 12.3. The SMILES string of the molecule is CCc1nc[n+](C[C@](O)(c2ccc(F)cc2F)[C@@H](C)n2ncn(-c3ccc(OCC(F)(F)C(F)F)cc3)c2=O)[nH]1.[Cl-]. The summed E-state index contributed by atoms with van der Waals surface area (Å²) in [7, 11) is 0. The maximum atomic E-state index is 14.9. The topological polar surface area (TPSA) is 102 Å². The Balaban J connectivity index is 0.00000462. The number of aromatic amines is 1. The van der Waals surface area contributed by atoms with Crippen LogP contribution in [-0.2, 0) is 18.6 Å². The largest absolute Gasteiger partial charge is 1.00 e. The van der Waals surface area contributed by atoms with E-state index in [-0.39, 0.29) is 36.0 Å². The molecule has 4 aromatic rings. The number of aryl methyl sites for hydroxylation is 1. The van der Waals surface area contributed by atoms with E-state index in [0.29, 0.717) is 18.3 Å². The molecule has 0 unspecified atom stereocenters. The lowest BCUT2D eigenvalue weighted by Gasteiger charge is -2.32. The van der Waals surface area contributed by atoms with Crippen LogP contribution in [0.3, 0.4) is 0 Å². The van der Waals surface area contributed by atoms with E-state index in [9.17, 15) is 36.2 Å². The van der Waals surface area contributed by atoms with E-state index in [0.717, 1.165) is 27.7 Å². The van der Waals surface area contributed by atoms with E-state index >= 15 is 0 Å². The first-order chi connectivity index (χ1) is 18.9. The van der Waals surface area contributed by atoms with Crippen molar-refractivity contribution in [1.82, 2.24) is 24.4 Å². The molecule has 0 aliphatic heterocycles. The molecule has 2 heterocycles. The molecule has 2 atom stereocenters. The van der Waals surface area contributed by atoms with Crippen LogP contribution >= 0.6 is 0 Å². The normalized spacial score (nSPS) is 14.0. The molecule has 0 aliphatic carbocycles. The molecule has 2 aromatic carbocycles. The number of ether oxygens (including phenoxy) is 1. The van der Waals surface area contributed by atoms with Gasteiger partial charge in [-0.05, 0) is 42.2 Å². The van der Waals surface area contributed by atoms with Crippen molar-refractivity contribution >= 4 is 0 Å². The minimum Gasteiger partial charge on any atom is -1.00 e. The fourth-order valence-corrected chi connectivity index (χ4v) is 4.06. The Morgan fingerprint density at radius 2 is 1.83 bits per heavy atom. The van der Waals surface area contributed by atoms with Gasteiger partial charge in [-0.15, -0.1) is 0 Å². The van der Waals surface area contributed by atoms with Gasteiger partial charge in [0.15, 0.2) is 12.2 Å². The lowest BCUT2D eigenvalue weighted by Crippen LogP contribution is -3.00. The van der Waals surface area contributed by atoms with Crippen molar-refractivity contribution in [3.63, 3.8) is 0 Å². The number of alkyl halides is 4. The van der Waals surface area contributed by atoms with Gasteiger partial charge >= 0.3 is 24.4 Å². The van der Waals surface area contributed by atoms with Gasteiger partial charge in [-0.1, -0.05) is 13.0 Å². The third kappa shape index (κ3) is 6.56. The number of nitrogens with zero attached hydrogens (tertiary/aromatic N) is 5. The molecule has 41 heavy (non-hydrogen) atoms. The third-order valence-electron chi connectivity index (χ3n) is 6.39. The van der Waals surface area contributed by atoms with E-state index in [1.165, 1.54) is 42.2 Å². The monoisotopic (exact) mass is 606 g/mol. The molecule has 0 fully saturated rings. The van der Waals surface area contributed by atoms with Crippen molar-refractivity contribution in [3.05, 3.63) is 88.6 Å². The minimum absolute atomic E-state index is 0. The Morgan fingerprint density at radius 3 is 2.41 bits per heavy atom. The van der Waals surface area contributed by atoms with Crippen molar-refractivity contribution in [2.24, 2.45) is 0 Å². The Kier molecular flexibility index (Phi) is 9.54. The molecule has 4 rings (SSSR count). The third-order valence-corrected chi connectivity index (χ3v) is 6.39. The molecular formula is C25H25ClF6N6O3. The average molecular weight is 607 g/mol. The Bertz CT molecular complexity index is 1530. The van der Waals surface area contributed by atoms with Gasteiger partial charge in [-0.2, -0.15) is 23.7 Å². The summed E-state index contributed by atoms with van der Waals surface area (Å²) in [6.07, 6.45) is -0.825. The fraction of sp³-hybridized carbons (Fsp3) is 0.360. The van der Waals surface area contributed by atoms with Gasteiger partial charge in [0, 0.05) is 18.1 Å². The van der Waals surface area contributed by atoms with E-state index in [1.54, 1.807) is 0 Å². The second-order valence-electron chi connectivity index (χ2n) is 9.08. The zero-order chi connectivity index (χ0) is 29.2. The first-order valence-electron chi connectivity index (χ1n) is 12.0. The van der Waals surface area contributed by atoms with E-state index in [1.807, 2.05) is 6.92 Å². The predicted molar refractivity (Wildman–Crippen MR) is 127 cm³/mol. The van der Waals surface area contributed by atoms with Crippen molar-refractivity contribution in [3.8, 4) is 11.4 Å². The molecule has 2 N–H and O–H groups in total. The number of aliphatic hydroxyl groups is 1. The smallest absolute Gasteiger partial charge is 0.350 e. The summed E-state index contributed by atoms with van der Waals surface area (Å²) in [6, 6.07) is 6.50. The van der Waals surface area contributed by atoms with Crippen LogP contribution in [0.25, 0.3) is 5.69 Å². The van der Waals surface area contributed by atoms with Crippen LogP contribution < -0.4 is 27.5 Å². The van der Waals surface area contributed by atoms with Crippen LogP contribution in [0.4, 0.5) is 26.3 Å². The molecule has 9 nitrogen and oxygen atoms in total. The molecule has 0 bridgehead atoms. The highest BCUT2D eigenvalue weighted by Gasteiger charge is 2.44. The van der Waals surface area contributed by atoms with E-state index in [2.05, 4.69) is 15.2 Å². The highest BCUT2D eigenvalue weighted by Crippen LogP contribution is 2.35. The maximum Gasteiger partial charge on any atom is 0.350 e. The standard InChI is InChI=1S/C25H24F6N6O3.ClH/c1-3-21-32-13-35(34-21)11-24(39,19-9-4-16(26)10-20(19)27)15(2)37-23(38)36(14-33-37)17-5-7-18(8-6-17)40-12-25(30,31)22(28)29;/h4-10,13-15,22,39H,3,11-12H2,1-2H3;1H/t15-,24-;/m1./s1. The minimum atomic E-state index is -4.33. The summed E-state index contributed by atoms with van der Waals surface area (Å²) in [5, 5.41) is 18.8. The highest BCUT2D eigenvalue weighted by atomic mass is 35.5. The molecule has 0 radical (unpaired) electrons. The van der Waals surface area contributed by atoms with Gasteiger partial charge in [0.1, 0.15) is 30.3 Å². The summed E-state index contributed by atoms with van der Waals surface area (Å²) in [5.41, 5.74) is -2.96. The lowest BCUT2D eigenvalue weighted by atomic mass is 9.86. The number of aromatic nitrogens is 6. The average Bonchev–Trinajstić information content (AvgIpc) is 3.53. The van der Waals surface area contributed by atoms with Crippen LogP contribution in [0.5, 0.6) is 5.75 Å².